The Labute approximate surface area is 133 Å². The molecule has 2 rings (SSSR count). The smallest absolute Gasteiger partial charge is 0.107 e. The third-order valence-corrected chi connectivity index (χ3v) is 4.96. The van der Waals surface area contributed by atoms with E-state index < -0.39 is 0 Å². The maximum absolute atomic E-state index is 4.77. The lowest BCUT2D eigenvalue weighted by Crippen LogP contribution is -2.35. The quantitative estimate of drug-likeness (QED) is 0.905. The number of aromatic nitrogens is 1. The lowest BCUT2D eigenvalue weighted by Gasteiger charge is -2.22. The molecule has 1 fully saturated rings. The van der Waals surface area contributed by atoms with Crippen molar-refractivity contribution in [1.82, 2.24) is 20.1 Å². The second kappa shape index (κ2) is 6.73. The highest BCUT2D eigenvalue weighted by atomic mass is 32.1. The summed E-state index contributed by atoms with van der Waals surface area (Å²) in [5, 5.41) is 6.91. The molecule has 5 heteroatoms. The van der Waals surface area contributed by atoms with Crippen molar-refractivity contribution in [3.63, 3.8) is 0 Å². The Morgan fingerprint density at radius 3 is 2.67 bits per heavy atom. The van der Waals surface area contributed by atoms with Gasteiger partial charge in [-0.05, 0) is 40.8 Å². The Balaban J connectivity index is 1.86. The van der Waals surface area contributed by atoms with E-state index in [1.54, 1.807) is 11.3 Å². The van der Waals surface area contributed by atoms with Crippen LogP contribution in [0, 0.1) is 5.92 Å². The lowest BCUT2D eigenvalue weighted by molar-refractivity contribution is 0.249. The minimum atomic E-state index is 0.148. The van der Waals surface area contributed by atoms with Crippen molar-refractivity contribution in [2.24, 2.45) is 5.92 Å². The average Bonchev–Trinajstić information content (AvgIpc) is 2.93. The molecule has 2 atom stereocenters. The standard InChI is InChI=1S/C16H30N4S/c1-12-8-20(10-14(12)19(5)6)9-13-11-21-15(18-13)7-17-16(2,3)4/h11-12,14,17H,7-10H2,1-6H3. The van der Waals surface area contributed by atoms with E-state index >= 15 is 0 Å². The van der Waals surface area contributed by atoms with Crippen molar-refractivity contribution >= 4 is 11.3 Å². The highest BCUT2D eigenvalue weighted by Crippen LogP contribution is 2.22. The highest BCUT2D eigenvalue weighted by Gasteiger charge is 2.31. The van der Waals surface area contributed by atoms with Gasteiger partial charge in [-0.25, -0.2) is 4.98 Å². The van der Waals surface area contributed by atoms with Crippen LogP contribution in [0.3, 0.4) is 0 Å². The van der Waals surface area contributed by atoms with Gasteiger partial charge in [-0.1, -0.05) is 6.92 Å². The molecule has 0 radical (unpaired) electrons. The van der Waals surface area contributed by atoms with Crippen LogP contribution in [0.1, 0.15) is 38.4 Å². The number of likely N-dealkylation sites (N-methyl/N-ethyl adjacent to an activating group) is 1. The van der Waals surface area contributed by atoms with Crippen molar-refractivity contribution < 1.29 is 0 Å². The molecule has 1 N–H and O–H groups in total. The SMILES string of the molecule is CC1CN(Cc2csc(CNC(C)(C)C)n2)CC1N(C)C. The average molecular weight is 311 g/mol. The summed E-state index contributed by atoms with van der Waals surface area (Å²) in [7, 11) is 4.37. The summed E-state index contributed by atoms with van der Waals surface area (Å²) in [4.78, 5) is 9.66. The van der Waals surface area contributed by atoms with E-state index in [9.17, 15) is 0 Å². The second-order valence-electron chi connectivity index (χ2n) is 7.54. The lowest BCUT2D eigenvalue weighted by atomic mass is 10.1. The van der Waals surface area contributed by atoms with Gasteiger partial charge in [0.05, 0.1) is 5.69 Å². The molecule has 0 aliphatic carbocycles. The predicted octanol–water partition coefficient (Wildman–Crippen LogP) is 2.41. The fourth-order valence-electron chi connectivity index (χ4n) is 2.92. The molecule has 1 aliphatic heterocycles. The first-order chi connectivity index (χ1) is 9.74. The van der Waals surface area contributed by atoms with Crippen molar-refractivity contribution in [2.45, 2.75) is 52.4 Å². The van der Waals surface area contributed by atoms with Crippen LogP contribution in [0.4, 0.5) is 0 Å². The fourth-order valence-corrected chi connectivity index (χ4v) is 3.65. The first kappa shape index (κ1) is 16.9. The zero-order valence-corrected chi connectivity index (χ0v) is 15.1. The van der Waals surface area contributed by atoms with Gasteiger partial charge in [0.15, 0.2) is 0 Å². The van der Waals surface area contributed by atoms with Gasteiger partial charge in [-0.3, -0.25) is 4.90 Å². The summed E-state index contributed by atoms with van der Waals surface area (Å²) in [6, 6.07) is 0.672. The number of likely N-dealkylation sites (tertiary alicyclic amines) is 1. The van der Waals surface area contributed by atoms with Gasteiger partial charge in [0.1, 0.15) is 5.01 Å². The van der Waals surface area contributed by atoms with Gasteiger partial charge in [0.2, 0.25) is 0 Å². The molecule has 120 valence electrons. The van der Waals surface area contributed by atoms with Crippen LogP contribution in [-0.2, 0) is 13.1 Å². The predicted molar refractivity (Wildman–Crippen MR) is 90.6 cm³/mol. The Kier molecular flexibility index (Phi) is 5.41. The van der Waals surface area contributed by atoms with Crippen molar-refractivity contribution in [2.75, 3.05) is 27.2 Å². The fraction of sp³-hybridized carbons (Fsp3) is 0.812. The molecular weight excluding hydrogens is 280 g/mol. The number of thiazole rings is 1. The summed E-state index contributed by atoms with van der Waals surface area (Å²) < 4.78 is 0. The van der Waals surface area contributed by atoms with Crippen molar-refractivity contribution in [3.8, 4) is 0 Å². The molecule has 0 spiro atoms. The van der Waals surface area contributed by atoms with E-state index in [4.69, 9.17) is 4.98 Å². The molecule has 1 aromatic rings. The normalized spacial score (nSPS) is 24.1. The number of hydrogen-bond donors (Lipinski definition) is 1. The van der Waals surface area contributed by atoms with Crippen LogP contribution in [0.15, 0.2) is 5.38 Å². The van der Waals surface area contributed by atoms with Crippen LogP contribution >= 0.6 is 11.3 Å². The highest BCUT2D eigenvalue weighted by molar-refractivity contribution is 7.09. The van der Waals surface area contributed by atoms with E-state index in [0.29, 0.717) is 6.04 Å². The summed E-state index contributed by atoms with van der Waals surface area (Å²) in [6.07, 6.45) is 0. The van der Waals surface area contributed by atoms with Crippen molar-refractivity contribution in [3.05, 3.63) is 16.1 Å². The molecule has 2 heterocycles. The summed E-state index contributed by atoms with van der Waals surface area (Å²) >= 11 is 1.77. The minimum absolute atomic E-state index is 0.148. The molecular formula is C16H30N4S. The summed E-state index contributed by atoms with van der Waals surface area (Å²) in [5.41, 5.74) is 1.37. The van der Waals surface area contributed by atoms with E-state index in [1.807, 2.05) is 0 Å². The molecule has 4 nitrogen and oxygen atoms in total. The maximum atomic E-state index is 4.77. The van der Waals surface area contributed by atoms with E-state index in [0.717, 1.165) is 25.6 Å². The van der Waals surface area contributed by atoms with E-state index in [1.165, 1.54) is 17.2 Å². The monoisotopic (exact) mass is 310 g/mol. The van der Waals surface area contributed by atoms with Crippen LogP contribution in [0.2, 0.25) is 0 Å². The Bertz CT molecular complexity index is 449. The minimum Gasteiger partial charge on any atom is -0.306 e. The number of nitrogens with zero attached hydrogens (tertiary/aromatic N) is 3. The molecule has 1 aromatic heterocycles. The zero-order chi connectivity index (χ0) is 15.6. The molecule has 0 amide bonds. The van der Waals surface area contributed by atoms with Crippen molar-refractivity contribution in [1.29, 1.82) is 0 Å². The molecule has 0 aromatic carbocycles. The largest absolute Gasteiger partial charge is 0.306 e. The van der Waals surface area contributed by atoms with E-state index in [-0.39, 0.29) is 5.54 Å². The molecule has 21 heavy (non-hydrogen) atoms. The third kappa shape index (κ3) is 5.02. The topological polar surface area (TPSA) is 31.4 Å². The number of hydrogen-bond acceptors (Lipinski definition) is 5. The second-order valence-corrected chi connectivity index (χ2v) is 8.48. The van der Waals surface area contributed by atoms with Crippen LogP contribution in [0.25, 0.3) is 0 Å². The molecule has 0 saturated carbocycles. The van der Waals surface area contributed by atoms with Gasteiger partial charge < -0.3 is 10.2 Å². The summed E-state index contributed by atoms with van der Waals surface area (Å²) in [6.45, 7) is 13.1. The Morgan fingerprint density at radius 1 is 1.38 bits per heavy atom. The third-order valence-electron chi connectivity index (χ3n) is 4.07. The maximum Gasteiger partial charge on any atom is 0.107 e. The van der Waals surface area contributed by atoms with Gasteiger partial charge >= 0.3 is 0 Å². The number of nitrogens with one attached hydrogen (secondary N) is 1. The van der Waals surface area contributed by atoms with Gasteiger partial charge in [-0.15, -0.1) is 11.3 Å². The Hall–Kier alpha value is -0.490. The molecule has 2 unspecified atom stereocenters. The van der Waals surface area contributed by atoms with Gasteiger partial charge in [-0.2, -0.15) is 0 Å². The molecule has 1 saturated heterocycles. The van der Waals surface area contributed by atoms with Crippen LogP contribution < -0.4 is 5.32 Å². The number of rotatable bonds is 5. The zero-order valence-electron chi connectivity index (χ0n) is 14.3. The Morgan fingerprint density at radius 2 is 2.10 bits per heavy atom. The van der Waals surface area contributed by atoms with Gasteiger partial charge in [0, 0.05) is 43.1 Å². The van der Waals surface area contributed by atoms with Gasteiger partial charge in [0.25, 0.3) is 0 Å². The van der Waals surface area contributed by atoms with Crippen LogP contribution in [-0.4, -0.2) is 53.5 Å². The first-order valence-corrected chi connectivity index (χ1v) is 8.69. The molecule has 0 bridgehead atoms. The summed E-state index contributed by atoms with van der Waals surface area (Å²) in [5.74, 6) is 0.737. The molecule has 1 aliphatic rings. The van der Waals surface area contributed by atoms with Crippen LogP contribution in [0.5, 0.6) is 0 Å². The van der Waals surface area contributed by atoms with E-state index in [2.05, 4.69) is 62.3 Å². The first-order valence-electron chi connectivity index (χ1n) is 7.81.